The lowest BCUT2D eigenvalue weighted by atomic mass is 10.0. The molecule has 0 spiro atoms. The van der Waals surface area contributed by atoms with Gasteiger partial charge in [0.2, 0.25) is 5.88 Å². The Hall–Kier alpha value is -1.13. The minimum atomic E-state index is 0.107. The first-order valence-electron chi connectivity index (χ1n) is 7.84. The van der Waals surface area contributed by atoms with Crippen molar-refractivity contribution in [3.8, 4) is 5.88 Å². The average molecular weight is 292 g/mol. The lowest BCUT2D eigenvalue weighted by Crippen LogP contribution is -2.36. The molecule has 1 aromatic heterocycles. The summed E-state index contributed by atoms with van der Waals surface area (Å²) in [7, 11) is 0. The first kappa shape index (κ1) is 16.2. The molecule has 118 valence electrons. The molecule has 1 N–H and O–H groups in total. The van der Waals surface area contributed by atoms with Crippen LogP contribution in [0.1, 0.15) is 53.0 Å². The van der Waals surface area contributed by atoms with Crippen LogP contribution in [0.25, 0.3) is 0 Å². The zero-order valence-electron chi connectivity index (χ0n) is 13.8. The molecule has 0 radical (unpaired) electrons. The highest BCUT2D eigenvalue weighted by Crippen LogP contribution is 2.23. The summed E-state index contributed by atoms with van der Waals surface area (Å²) in [5, 5.41) is 3.48. The maximum absolute atomic E-state index is 6.05. The predicted octanol–water partition coefficient (Wildman–Crippen LogP) is 3.30. The van der Waals surface area contributed by atoms with E-state index in [0.717, 1.165) is 25.3 Å². The molecule has 1 aliphatic rings. The number of rotatable bonds is 4. The minimum absolute atomic E-state index is 0.107. The van der Waals surface area contributed by atoms with Crippen LogP contribution in [0.2, 0.25) is 0 Å². The topological polar surface area (TPSA) is 43.4 Å². The molecule has 0 amide bonds. The fourth-order valence-corrected chi connectivity index (χ4v) is 2.60. The van der Waals surface area contributed by atoms with Crippen molar-refractivity contribution in [2.24, 2.45) is 0 Å². The van der Waals surface area contributed by atoms with Crippen LogP contribution in [-0.2, 0) is 11.3 Å². The van der Waals surface area contributed by atoms with Crippen molar-refractivity contribution in [3.63, 3.8) is 0 Å². The number of hydrogen-bond acceptors (Lipinski definition) is 4. The molecule has 2 atom stereocenters. The molecule has 0 saturated carbocycles. The van der Waals surface area contributed by atoms with Gasteiger partial charge in [-0.1, -0.05) is 0 Å². The quantitative estimate of drug-likeness (QED) is 0.924. The van der Waals surface area contributed by atoms with E-state index in [1.54, 1.807) is 0 Å². The number of ether oxygens (including phenoxy) is 2. The van der Waals surface area contributed by atoms with Gasteiger partial charge in [-0.3, -0.25) is 0 Å². The second kappa shape index (κ2) is 6.75. The fourth-order valence-electron chi connectivity index (χ4n) is 2.60. The Morgan fingerprint density at radius 1 is 1.29 bits per heavy atom. The normalized spacial score (nSPS) is 26.6. The maximum atomic E-state index is 6.05. The highest BCUT2D eigenvalue weighted by molar-refractivity contribution is 5.20. The first-order valence-corrected chi connectivity index (χ1v) is 7.84. The van der Waals surface area contributed by atoms with Gasteiger partial charge in [-0.2, -0.15) is 0 Å². The number of pyridine rings is 1. The molecule has 0 aromatic carbocycles. The zero-order chi connectivity index (χ0) is 15.5. The van der Waals surface area contributed by atoms with E-state index in [-0.39, 0.29) is 23.9 Å². The molecule has 2 unspecified atom stereocenters. The van der Waals surface area contributed by atoms with Gasteiger partial charge in [-0.25, -0.2) is 4.98 Å². The van der Waals surface area contributed by atoms with E-state index in [1.807, 2.05) is 18.3 Å². The van der Waals surface area contributed by atoms with Gasteiger partial charge in [0.15, 0.2) is 0 Å². The summed E-state index contributed by atoms with van der Waals surface area (Å²) in [6, 6.07) is 4.06. The third kappa shape index (κ3) is 5.64. The van der Waals surface area contributed by atoms with Crippen LogP contribution < -0.4 is 10.1 Å². The molecule has 21 heavy (non-hydrogen) atoms. The Labute approximate surface area is 128 Å². The van der Waals surface area contributed by atoms with Crippen LogP contribution in [0.5, 0.6) is 5.88 Å². The van der Waals surface area contributed by atoms with E-state index in [0.29, 0.717) is 0 Å². The average Bonchev–Trinajstić information content (AvgIpc) is 2.35. The van der Waals surface area contributed by atoms with Crippen LogP contribution in [0.3, 0.4) is 0 Å². The monoisotopic (exact) mass is 292 g/mol. The largest absolute Gasteiger partial charge is 0.474 e. The van der Waals surface area contributed by atoms with Crippen LogP contribution >= 0.6 is 0 Å². The van der Waals surface area contributed by atoms with Crippen LogP contribution in [0.4, 0.5) is 0 Å². The SMILES string of the molecule is CC1CC(Oc2cc(CNC(C)(C)C)ccn2)CC(C)O1. The number of hydrogen-bond donors (Lipinski definition) is 1. The lowest BCUT2D eigenvalue weighted by Gasteiger charge is -2.32. The smallest absolute Gasteiger partial charge is 0.213 e. The highest BCUT2D eigenvalue weighted by Gasteiger charge is 2.26. The molecule has 1 aromatic rings. The van der Waals surface area contributed by atoms with E-state index < -0.39 is 0 Å². The lowest BCUT2D eigenvalue weighted by molar-refractivity contribution is -0.0729. The Balaban J connectivity index is 1.94. The molecule has 2 heterocycles. The van der Waals surface area contributed by atoms with Crippen LogP contribution in [-0.4, -0.2) is 28.8 Å². The summed E-state index contributed by atoms with van der Waals surface area (Å²) in [5.41, 5.74) is 1.30. The molecule has 1 aliphatic heterocycles. The van der Waals surface area contributed by atoms with Crippen molar-refractivity contribution in [3.05, 3.63) is 23.9 Å². The van der Waals surface area contributed by atoms with Crippen LogP contribution in [0, 0.1) is 0 Å². The summed E-state index contributed by atoms with van der Waals surface area (Å²) >= 11 is 0. The van der Waals surface area contributed by atoms with E-state index in [9.17, 15) is 0 Å². The Morgan fingerprint density at radius 2 is 1.95 bits per heavy atom. The van der Waals surface area contributed by atoms with E-state index in [4.69, 9.17) is 9.47 Å². The standard InChI is InChI=1S/C17H28N2O2/c1-12-8-15(9-13(2)20-12)21-16-10-14(6-7-18-16)11-19-17(3,4)5/h6-7,10,12-13,15,19H,8-9,11H2,1-5H3. The molecule has 2 rings (SSSR count). The first-order chi connectivity index (χ1) is 9.82. The Bertz CT molecular complexity index is 446. The predicted molar refractivity (Wildman–Crippen MR) is 84.5 cm³/mol. The molecule has 0 aliphatic carbocycles. The molecular weight excluding hydrogens is 264 g/mol. The number of nitrogens with zero attached hydrogens (tertiary/aromatic N) is 1. The van der Waals surface area contributed by atoms with Gasteiger partial charge >= 0.3 is 0 Å². The van der Waals surface area contributed by atoms with Gasteiger partial charge in [0.1, 0.15) is 6.10 Å². The molecular formula is C17H28N2O2. The summed E-state index contributed by atoms with van der Waals surface area (Å²) in [6.45, 7) is 11.5. The van der Waals surface area contributed by atoms with E-state index in [1.165, 1.54) is 5.56 Å². The zero-order valence-corrected chi connectivity index (χ0v) is 13.8. The van der Waals surface area contributed by atoms with Crippen molar-refractivity contribution in [2.75, 3.05) is 0 Å². The van der Waals surface area contributed by atoms with Crippen molar-refractivity contribution >= 4 is 0 Å². The maximum Gasteiger partial charge on any atom is 0.213 e. The fraction of sp³-hybridized carbons (Fsp3) is 0.706. The summed E-state index contributed by atoms with van der Waals surface area (Å²) in [6.07, 6.45) is 4.38. The van der Waals surface area contributed by atoms with E-state index >= 15 is 0 Å². The van der Waals surface area contributed by atoms with Gasteiger partial charge in [0.05, 0.1) is 12.2 Å². The highest BCUT2D eigenvalue weighted by atomic mass is 16.5. The van der Waals surface area contributed by atoms with Gasteiger partial charge in [-0.05, 0) is 46.2 Å². The van der Waals surface area contributed by atoms with Crippen molar-refractivity contribution in [1.29, 1.82) is 0 Å². The van der Waals surface area contributed by atoms with Gasteiger partial charge in [0.25, 0.3) is 0 Å². The number of nitrogens with one attached hydrogen (secondary N) is 1. The van der Waals surface area contributed by atoms with Crippen molar-refractivity contribution in [1.82, 2.24) is 10.3 Å². The summed E-state index contributed by atoms with van der Waals surface area (Å²) in [5.74, 6) is 0.717. The second-order valence-electron chi connectivity index (χ2n) is 7.07. The molecule has 0 bridgehead atoms. The molecule has 4 heteroatoms. The van der Waals surface area contributed by atoms with Crippen molar-refractivity contribution < 1.29 is 9.47 Å². The molecule has 4 nitrogen and oxygen atoms in total. The Morgan fingerprint density at radius 3 is 2.57 bits per heavy atom. The number of aromatic nitrogens is 1. The van der Waals surface area contributed by atoms with Gasteiger partial charge in [0, 0.05) is 37.2 Å². The summed E-state index contributed by atoms with van der Waals surface area (Å²) < 4.78 is 11.8. The molecule has 1 fully saturated rings. The third-order valence-electron chi connectivity index (χ3n) is 3.56. The van der Waals surface area contributed by atoms with Gasteiger partial charge < -0.3 is 14.8 Å². The second-order valence-corrected chi connectivity index (χ2v) is 7.07. The Kier molecular flexibility index (Phi) is 5.22. The third-order valence-corrected chi connectivity index (χ3v) is 3.56. The van der Waals surface area contributed by atoms with Crippen LogP contribution in [0.15, 0.2) is 18.3 Å². The molecule has 1 saturated heterocycles. The van der Waals surface area contributed by atoms with E-state index in [2.05, 4.69) is 44.9 Å². The minimum Gasteiger partial charge on any atom is -0.474 e. The summed E-state index contributed by atoms with van der Waals surface area (Å²) in [4.78, 5) is 4.34. The van der Waals surface area contributed by atoms with Crippen molar-refractivity contribution in [2.45, 2.75) is 77.9 Å². The van der Waals surface area contributed by atoms with Gasteiger partial charge in [-0.15, -0.1) is 0 Å².